The molecule has 1 aromatic heterocycles. The maximum atomic E-state index is 14.3. The summed E-state index contributed by atoms with van der Waals surface area (Å²) >= 11 is 0. The minimum absolute atomic E-state index is 0.107. The Morgan fingerprint density at radius 3 is 2.46 bits per heavy atom. The van der Waals surface area contributed by atoms with Crippen LogP contribution in [0, 0.1) is 11.7 Å². The second kappa shape index (κ2) is 10.4. The lowest BCUT2D eigenvalue weighted by atomic mass is 9.94. The van der Waals surface area contributed by atoms with Crippen LogP contribution in [0.5, 0.6) is 0 Å². The molecule has 3 aromatic carbocycles. The Balaban J connectivity index is 1.48. The van der Waals surface area contributed by atoms with Crippen LogP contribution in [0.15, 0.2) is 78.9 Å². The molecule has 2 heterocycles. The molecule has 37 heavy (non-hydrogen) atoms. The van der Waals surface area contributed by atoms with Crippen molar-refractivity contribution in [1.29, 1.82) is 0 Å². The maximum absolute atomic E-state index is 14.3. The van der Waals surface area contributed by atoms with Crippen molar-refractivity contribution < 1.29 is 9.18 Å². The number of hydrogen-bond acceptors (Lipinski definition) is 3. The molecule has 1 aliphatic carbocycles. The van der Waals surface area contributed by atoms with E-state index in [1.54, 1.807) is 12.1 Å². The van der Waals surface area contributed by atoms with E-state index in [9.17, 15) is 9.18 Å². The van der Waals surface area contributed by atoms with Gasteiger partial charge in [0.1, 0.15) is 5.82 Å². The van der Waals surface area contributed by atoms with E-state index in [4.69, 9.17) is 4.98 Å². The molecule has 2 fully saturated rings. The van der Waals surface area contributed by atoms with Gasteiger partial charge in [-0.1, -0.05) is 67.1 Å². The summed E-state index contributed by atoms with van der Waals surface area (Å²) in [6.07, 6.45) is 5.67. The van der Waals surface area contributed by atoms with Crippen LogP contribution in [0.1, 0.15) is 59.6 Å². The van der Waals surface area contributed by atoms with E-state index in [2.05, 4.69) is 22.3 Å². The number of benzene rings is 3. The fraction of sp³-hybridized carbons (Fsp3) is 0.312. The van der Waals surface area contributed by atoms with Crippen molar-refractivity contribution in [1.82, 2.24) is 15.2 Å². The number of para-hydroxylation sites is 1. The number of rotatable bonds is 7. The van der Waals surface area contributed by atoms with Crippen molar-refractivity contribution in [3.8, 4) is 11.3 Å². The SMILES string of the molecule is O=C(NC(c1cccc(F)c1)C1CC1)c1c(CN2CCCCC2)c(-c2ccccc2)nc2ccccc12. The van der Waals surface area contributed by atoms with Gasteiger partial charge in [0.2, 0.25) is 0 Å². The molecule has 4 nitrogen and oxygen atoms in total. The molecule has 4 aromatic rings. The summed E-state index contributed by atoms with van der Waals surface area (Å²) in [5.41, 5.74) is 5.18. The number of fused-ring (bicyclic) bond motifs is 1. The number of nitrogens with zero attached hydrogens (tertiary/aromatic N) is 2. The summed E-state index contributed by atoms with van der Waals surface area (Å²) < 4.78 is 14.1. The summed E-state index contributed by atoms with van der Waals surface area (Å²) in [4.78, 5) is 21.8. The van der Waals surface area contributed by atoms with Crippen molar-refractivity contribution in [3.63, 3.8) is 0 Å². The summed E-state index contributed by atoms with van der Waals surface area (Å²) in [6.45, 7) is 2.73. The fourth-order valence-electron chi connectivity index (χ4n) is 5.66. The van der Waals surface area contributed by atoms with Crippen LogP contribution in [0.25, 0.3) is 22.2 Å². The van der Waals surface area contributed by atoms with Crippen molar-refractivity contribution >= 4 is 16.8 Å². The van der Waals surface area contributed by atoms with Crippen LogP contribution in [0.2, 0.25) is 0 Å². The number of amides is 1. The Hall–Kier alpha value is -3.57. The van der Waals surface area contributed by atoms with E-state index < -0.39 is 0 Å². The Morgan fingerprint density at radius 2 is 1.70 bits per heavy atom. The highest BCUT2D eigenvalue weighted by molar-refractivity contribution is 6.09. The highest BCUT2D eigenvalue weighted by atomic mass is 19.1. The summed E-state index contributed by atoms with van der Waals surface area (Å²) in [6, 6.07) is 24.5. The van der Waals surface area contributed by atoms with Crippen LogP contribution < -0.4 is 5.32 Å². The number of carbonyl (C=O) groups is 1. The minimum Gasteiger partial charge on any atom is -0.345 e. The second-order valence-electron chi connectivity index (χ2n) is 10.4. The van der Waals surface area contributed by atoms with Gasteiger partial charge in [-0.2, -0.15) is 0 Å². The van der Waals surface area contributed by atoms with Gasteiger partial charge in [-0.05, 0) is 68.5 Å². The lowest BCUT2D eigenvalue weighted by Crippen LogP contribution is -2.34. The first-order valence-electron chi connectivity index (χ1n) is 13.4. The zero-order valence-corrected chi connectivity index (χ0v) is 21.0. The van der Waals surface area contributed by atoms with Crippen LogP contribution in [0.3, 0.4) is 0 Å². The first-order chi connectivity index (χ1) is 18.2. The van der Waals surface area contributed by atoms with Gasteiger partial charge in [0, 0.05) is 23.1 Å². The third-order valence-corrected chi connectivity index (χ3v) is 7.69. The molecule has 1 amide bonds. The van der Waals surface area contributed by atoms with Crippen molar-refractivity contribution in [2.45, 2.75) is 44.7 Å². The lowest BCUT2D eigenvalue weighted by molar-refractivity contribution is 0.0930. The largest absolute Gasteiger partial charge is 0.345 e. The third kappa shape index (κ3) is 5.14. The molecule has 1 unspecified atom stereocenters. The van der Waals surface area contributed by atoms with Crippen LogP contribution in [-0.2, 0) is 6.54 Å². The van der Waals surface area contributed by atoms with E-state index in [1.807, 2.05) is 48.5 Å². The number of halogens is 1. The molecular formula is C32H32FN3O. The number of hydrogen-bond donors (Lipinski definition) is 1. The smallest absolute Gasteiger partial charge is 0.252 e. The normalized spacial score (nSPS) is 17.0. The Morgan fingerprint density at radius 1 is 0.946 bits per heavy atom. The molecule has 1 aliphatic heterocycles. The predicted molar refractivity (Wildman–Crippen MR) is 146 cm³/mol. The summed E-state index contributed by atoms with van der Waals surface area (Å²) in [5, 5.41) is 4.20. The van der Waals surface area contributed by atoms with Gasteiger partial charge < -0.3 is 5.32 Å². The number of piperidine rings is 1. The average Bonchev–Trinajstić information content (AvgIpc) is 3.78. The number of carbonyl (C=O) groups excluding carboxylic acids is 1. The zero-order valence-electron chi connectivity index (χ0n) is 21.0. The molecule has 1 saturated carbocycles. The number of likely N-dealkylation sites (tertiary alicyclic amines) is 1. The molecular weight excluding hydrogens is 461 g/mol. The van der Waals surface area contributed by atoms with E-state index in [1.165, 1.54) is 25.3 Å². The molecule has 1 N–H and O–H groups in total. The zero-order chi connectivity index (χ0) is 25.2. The van der Waals surface area contributed by atoms with Gasteiger partial charge in [0.25, 0.3) is 5.91 Å². The average molecular weight is 494 g/mol. The highest BCUT2D eigenvalue weighted by Crippen LogP contribution is 2.42. The van der Waals surface area contributed by atoms with Crippen molar-refractivity contribution in [2.75, 3.05) is 13.1 Å². The first-order valence-corrected chi connectivity index (χ1v) is 13.4. The monoisotopic (exact) mass is 493 g/mol. The molecule has 6 rings (SSSR count). The van der Waals surface area contributed by atoms with Crippen LogP contribution in [0.4, 0.5) is 4.39 Å². The summed E-state index contributed by atoms with van der Waals surface area (Å²) in [5.74, 6) is -0.0501. The predicted octanol–water partition coefficient (Wildman–Crippen LogP) is 6.91. The molecule has 1 atom stereocenters. The number of pyridine rings is 1. The number of aromatic nitrogens is 1. The van der Waals surface area contributed by atoms with Crippen molar-refractivity contribution in [3.05, 3.63) is 101 Å². The van der Waals surface area contributed by atoms with Gasteiger partial charge in [0.05, 0.1) is 22.8 Å². The van der Waals surface area contributed by atoms with Crippen LogP contribution >= 0.6 is 0 Å². The van der Waals surface area contributed by atoms with E-state index in [0.29, 0.717) is 18.0 Å². The molecule has 0 radical (unpaired) electrons. The molecule has 0 bridgehead atoms. The minimum atomic E-state index is -0.274. The molecule has 2 aliphatic rings. The van der Waals surface area contributed by atoms with Gasteiger partial charge in [-0.25, -0.2) is 9.37 Å². The maximum Gasteiger partial charge on any atom is 0.252 e. The van der Waals surface area contributed by atoms with E-state index in [-0.39, 0.29) is 17.8 Å². The standard InChI is InChI=1S/C32H32FN3O/c33-25-13-9-12-24(20-25)30(23-16-17-23)35-32(37)29-26-14-5-6-15-28(26)34-31(22-10-3-1-4-11-22)27(29)21-36-18-7-2-8-19-36/h1,3-6,9-15,20,23,30H,2,7-8,16-19,21H2,(H,35,37). The highest BCUT2D eigenvalue weighted by Gasteiger charge is 2.35. The van der Waals surface area contributed by atoms with E-state index in [0.717, 1.165) is 59.2 Å². The van der Waals surface area contributed by atoms with Crippen molar-refractivity contribution in [2.24, 2.45) is 5.92 Å². The fourth-order valence-corrected chi connectivity index (χ4v) is 5.66. The molecule has 1 saturated heterocycles. The molecule has 5 heteroatoms. The topological polar surface area (TPSA) is 45.2 Å². The first kappa shape index (κ1) is 23.8. The van der Waals surface area contributed by atoms with E-state index >= 15 is 0 Å². The van der Waals surface area contributed by atoms with Gasteiger partial charge >= 0.3 is 0 Å². The molecule has 0 spiro atoms. The number of nitrogens with one attached hydrogen (secondary N) is 1. The van der Waals surface area contributed by atoms with Gasteiger partial charge in [-0.3, -0.25) is 9.69 Å². The molecule has 188 valence electrons. The Bertz CT molecular complexity index is 1410. The van der Waals surface area contributed by atoms with Gasteiger partial charge in [0.15, 0.2) is 0 Å². The summed E-state index contributed by atoms with van der Waals surface area (Å²) in [7, 11) is 0. The van der Waals surface area contributed by atoms with Crippen LogP contribution in [-0.4, -0.2) is 28.9 Å². The quantitative estimate of drug-likeness (QED) is 0.304. The second-order valence-corrected chi connectivity index (χ2v) is 10.4. The lowest BCUT2D eigenvalue weighted by Gasteiger charge is -2.29. The third-order valence-electron chi connectivity index (χ3n) is 7.69. The Labute approximate surface area is 217 Å². The Kier molecular flexibility index (Phi) is 6.71. The van der Waals surface area contributed by atoms with Gasteiger partial charge in [-0.15, -0.1) is 0 Å².